The molecular formula is C12H11F3N2O. The summed E-state index contributed by atoms with van der Waals surface area (Å²) in [6, 6.07) is 6.78. The Kier molecular flexibility index (Phi) is 3.27. The topological polar surface area (TPSA) is 44.9 Å². The van der Waals surface area contributed by atoms with E-state index >= 15 is 0 Å². The SMILES string of the molecule is O=C(NCCC(F)(F)F)c1ccc2cc[nH]c2c1. The van der Waals surface area contributed by atoms with E-state index in [0.717, 1.165) is 10.9 Å². The van der Waals surface area contributed by atoms with Gasteiger partial charge in [0, 0.05) is 23.8 Å². The predicted molar refractivity (Wildman–Crippen MR) is 61.3 cm³/mol. The van der Waals surface area contributed by atoms with Crippen LogP contribution in [0.2, 0.25) is 0 Å². The largest absolute Gasteiger partial charge is 0.390 e. The standard InChI is InChI=1S/C12H11F3N2O/c13-12(14,15)4-6-17-11(18)9-2-1-8-3-5-16-10(8)7-9/h1-3,5,7,16H,4,6H2,(H,17,18). The van der Waals surface area contributed by atoms with E-state index < -0.39 is 25.0 Å². The molecular weight excluding hydrogens is 245 g/mol. The Morgan fingerprint density at radius 1 is 1.28 bits per heavy atom. The number of carbonyl (C=O) groups excluding carboxylic acids is 1. The Labute approximate surface area is 101 Å². The predicted octanol–water partition coefficient (Wildman–Crippen LogP) is 2.85. The second kappa shape index (κ2) is 4.72. The Bertz CT molecular complexity index is 560. The molecule has 18 heavy (non-hydrogen) atoms. The molecule has 0 unspecified atom stereocenters. The number of fused-ring (bicyclic) bond motifs is 1. The molecule has 6 heteroatoms. The summed E-state index contributed by atoms with van der Waals surface area (Å²) >= 11 is 0. The van der Waals surface area contributed by atoms with Crippen molar-refractivity contribution in [2.24, 2.45) is 0 Å². The number of aromatic amines is 1. The number of aromatic nitrogens is 1. The van der Waals surface area contributed by atoms with Crippen LogP contribution in [0.3, 0.4) is 0 Å². The van der Waals surface area contributed by atoms with Crippen LogP contribution in [-0.4, -0.2) is 23.6 Å². The molecule has 0 bridgehead atoms. The van der Waals surface area contributed by atoms with Crippen LogP contribution in [0.4, 0.5) is 13.2 Å². The molecule has 0 spiro atoms. The molecule has 0 saturated carbocycles. The van der Waals surface area contributed by atoms with Crippen molar-refractivity contribution in [2.45, 2.75) is 12.6 Å². The lowest BCUT2D eigenvalue weighted by atomic mass is 10.1. The number of amides is 1. The van der Waals surface area contributed by atoms with E-state index in [1.807, 2.05) is 6.07 Å². The maximum atomic E-state index is 11.9. The fourth-order valence-corrected chi connectivity index (χ4v) is 1.61. The summed E-state index contributed by atoms with van der Waals surface area (Å²) in [6.07, 6.45) is -3.55. The number of hydrogen-bond acceptors (Lipinski definition) is 1. The molecule has 3 nitrogen and oxygen atoms in total. The van der Waals surface area contributed by atoms with Crippen LogP contribution in [0.25, 0.3) is 10.9 Å². The van der Waals surface area contributed by atoms with Gasteiger partial charge in [-0.15, -0.1) is 0 Å². The van der Waals surface area contributed by atoms with Gasteiger partial charge in [0.2, 0.25) is 0 Å². The maximum absolute atomic E-state index is 11.9. The zero-order chi connectivity index (χ0) is 13.2. The normalized spacial score (nSPS) is 11.7. The van der Waals surface area contributed by atoms with Crippen LogP contribution in [0.5, 0.6) is 0 Å². The molecule has 1 amide bonds. The highest BCUT2D eigenvalue weighted by Gasteiger charge is 2.26. The van der Waals surface area contributed by atoms with E-state index in [-0.39, 0.29) is 0 Å². The van der Waals surface area contributed by atoms with Gasteiger partial charge in [0.15, 0.2) is 0 Å². The first kappa shape index (κ1) is 12.5. The highest BCUT2D eigenvalue weighted by atomic mass is 19.4. The Balaban J connectivity index is 2.00. The van der Waals surface area contributed by atoms with Gasteiger partial charge in [0.05, 0.1) is 6.42 Å². The summed E-state index contributed by atoms with van der Waals surface area (Å²) < 4.78 is 35.8. The summed E-state index contributed by atoms with van der Waals surface area (Å²) in [4.78, 5) is 14.5. The van der Waals surface area contributed by atoms with Crippen molar-refractivity contribution < 1.29 is 18.0 Å². The number of alkyl halides is 3. The molecule has 1 heterocycles. The van der Waals surface area contributed by atoms with E-state index in [1.54, 1.807) is 24.4 Å². The Morgan fingerprint density at radius 2 is 2.06 bits per heavy atom. The molecule has 1 aromatic carbocycles. The minimum Gasteiger partial charge on any atom is -0.361 e. The zero-order valence-corrected chi connectivity index (χ0v) is 9.34. The lowest BCUT2D eigenvalue weighted by Gasteiger charge is -2.07. The third kappa shape index (κ3) is 3.03. The Hall–Kier alpha value is -1.98. The molecule has 96 valence electrons. The number of rotatable bonds is 3. The minimum absolute atomic E-state index is 0.340. The summed E-state index contributed by atoms with van der Waals surface area (Å²) in [5, 5.41) is 3.19. The van der Waals surface area contributed by atoms with Crippen molar-refractivity contribution in [1.29, 1.82) is 0 Å². The molecule has 0 aliphatic heterocycles. The first-order valence-electron chi connectivity index (χ1n) is 5.38. The van der Waals surface area contributed by atoms with Crippen molar-refractivity contribution in [3.63, 3.8) is 0 Å². The Morgan fingerprint density at radius 3 is 2.78 bits per heavy atom. The number of carbonyl (C=O) groups is 1. The van der Waals surface area contributed by atoms with Crippen LogP contribution in [-0.2, 0) is 0 Å². The van der Waals surface area contributed by atoms with Gasteiger partial charge < -0.3 is 10.3 Å². The fraction of sp³-hybridized carbons (Fsp3) is 0.250. The summed E-state index contributed by atoms with van der Waals surface area (Å²) in [7, 11) is 0. The number of benzene rings is 1. The molecule has 2 N–H and O–H groups in total. The van der Waals surface area contributed by atoms with Crippen LogP contribution in [0.15, 0.2) is 30.5 Å². The van der Waals surface area contributed by atoms with Crippen molar-refractivity contribution in [2.75, 3.05) is 6.54 Å². The fourth-order valence-electron chi connectivity index (χ4n) is 1.61. The summed E-state index contributed by atoms with van der Waals surface area (Å²) in [5.41, 5.74) is 1.12. The molecule has 0 fully saturated rings. The number of H-pyrrole nitrogens is 1. The van der Waals surface area contributed by atoms with E-state index in [0.29, 0.717) is 5.56 Å². The van der Waals surface area contributed by atoms with Crippen LogP contribution >= 0.6 is 0 Å². The average molecular weight is 256 g/mol. The molecule has 0 aliphatic rings. The second-order valence-electron chi connectivity index (χ2n) is 3.90. The molecule has 0 atom stereocenters. The van der Waals surface area contributed by atoms with E-state index in [9.17, 15) is 18.0 Å². The highest BCUT2D eigenvalue weighted by Crippen LogP contribution is 2.18. The van der Waals surface area contributed by atoms with Crippen molar-refractivity contribution >= 4 is 16.8 Å². The van der Waals surface area contributed by atoms with Gasteiger partial charge in [-0.1, -0.05) is 6.07 Å². The van der Waals surface area contributed by atoms with Crippen LogP contribution in [0, 0.1) is 0 Å². The van der Waals surface area contributed by atoms with Gasteiger partial charge in [0.1, 0.15) is 0 Å². The smallest absolute Gasteiger partial charge is 0.361 e. The van der Waals surface area contributed by atoms with Crippen LogP contribution < -0.4 is 5.32 Å². The highest BCUT2D eigenvalue weighted by molar-refractivity contribution is 5.97. The third-order valence-corrected chi connectivity index (χ3v) is 2.51. The monoisotopic (exact) mass is 256 g/mol. The van der Waals surface area contributed by atoms with Gasteiger partial charge >= 0.3 is 6.18 Å². The average Bonchev–Trinajstić information content (AvgIpc) is 2.73. The van der Waals surface area contributed by atoms with Crippen molar-refractivity contribution in [1.82, 2.24) is 10.3 Å². The third-order valence-electron chi connectivity index (χ3n) is 2.51. The lowest BCUT2D eigenvalue weighted by Crippen LogP contribution is -2.27. The minimum atomic E-state index is -4.25. The molecule has 0 radical (unpaired) electrons. The zero-order valence-electron chi connectivity index (χ0n) is 9.34. The molecule has 0 saturated heterocycles. The van der Waals surface area contributed by atoms with E-state index in [4.69, 9.17) is 0 Å². The van der Waals surface area contributed by atoms with Gasteiger partial charge in [0.25, 0.3) is 5.91 Å². The van der Waals surface area contributed by atoms with Crippen molar-refractivity contribution in [3.8, 4) is 0 Å². The van der Waals surface area contributed by atoms with E-state index in [2.05, 4.69) is 10.3 Å². The first-order chi connectivity index (χ1) is 8.46. The van der Waals surface area contributed by atoms with E-state index in [1.165, 1.54) is 0 Å². The lowest BCUT2D eigenvalue weighted by molar-refractivity contribution is -0.132. The molecule has 0 aliphatic carbocycles. The molecule has 2 rings (SSSR count). The van der Waals surface area contributed by atoms with Gasteiger partial charge in [-0.05, 0) is 23.6 Å². The van der Waals surface area contributed by atoms with Crippen molar-refractivity contribution in [3.05, 3.63) is 36.0 Å². The summed E-state index contributed by atoms with van der Waals surface area (Å²) in [5.74, 6) is -0.504. The van der Waals surface area contributed by atoms with Crippen LogP contribution in [0.1, 0.15) is 16.8 Å². The van der Waals surface area contributed by atoms with Gasteiger partial charge in [-0.25, -0.2) is 0 Å². The second-order valence-corrected chi connectivity index (χ2v) is 3.90. The van der Waals surface area contributed by atoms with Gasteiger partial charge in [-0.2, -0.15) is 13.2 Å². The quantitative estimate of drug-likeness (QED) is 0.871. The summed E-state index contributed by atoms with van der Waals surface area (Å²) in [6.45, 7) is -0.412. The van der Waals surface area contributed by atoms with Gasteiger partial charge in [-0.3, -0.25) is 4.79 Å². The first-order valence-corrected chi connectivity index (χ1v) is 5.38. The number of halogens is 3. The maximum Gasteiger partial charge on any atom is 0.390 e. The number of hydrogen-bond donors (Lipinski definition) is 2. The number of nitrogens with one attached hydrogen (secondary N) is 2. The molecule has 2 aromatic rings. The molecule has 1 aromatic heterocycles.